The third-order valence-electron chi connectivity index (χ3n) is 0.949. The Labute approximate surface area is 109 Å². The largest absolute Gasteiger partial charge is 0.0508 e. The van der Waals surface area contributed by atoms with Crippen molar-refractivity contribution in [3.05, 3.63) is 27.3 Å². The molecule has 0 fully saturated rings. The molecule has 1 rings (SSSR count). The summed E-state index contributed by atoms with van der Waals surface area (Å²) in [6.07, 6.45) is 0. The quantitative estimate of drug-likeness (QED) is 0.265. The van der Waals surface area contributed by atoms with E-state index in [1.54, 1.807) is 0 Å². The van der Waals surface area contributed by atoms with Gasteiger partial charge >= 0.3 is 0 Å². The summed E-state index contributed by atoms with van der Waals surface area (Å²) in [4.78, 5) is 0. The zero-order valence-corrected chi connectivity index (χ0v) is 12.7. The number of rotatable bonds is 0. The molecule has 0 amide bonds. The minimum Gasteiger partial charge on any atom is -0.0508 e. The second-order valence-electron chi connectivity index (χ2n) is 1.68. The van der Waals surface area contributed by atoms with Crippen LogP contribution in [0.15, 0.2) is 16.6 Å². The third-order valence-corrected chi connectivity index (χ3v) is 6.33. The normalized spacial score (nSPS) is 10.0. The molecule has 0 saturated heterocycles. The Kier molecular flexibility index (Phi) is 4.21. The standard InChI is InChI=1S/C6H2BrI3/c7-3-1-4(8)6(10)5(9)2-3/h1-2H. The van der Waals surface area contributed by atoms with Gasteiger partial charge in [-0.3, -0.25) is 0 Å². The monoisotopic (exact) mass is 534 g/mol. The van der Waals surface area contributed by atoms with Gasteiger partial charge in [-0.2, -0.15) is 0 Å². The Morgan fingerprint density at radius 1 is 1.00 bits per heavy atom. The second kappa shape index (κ2) is 4.22. The molecule has 0 bridgehead atoms. The van der Waals surface area contributed by atoms with Crippen molar-refractivity contribution in [2.24, 2.45) is 0 Å². The summed E-state index contributed by atoms with van der Waals surface area (Å²) >= 11 is 10.5. The van der Waals surface area contributed by atoms with E-state index < -0.39 is 0 Å². The van der Waals surface area contributed by atoms with Crippen LogP contribution in [0.1, 0.15) is 0 Å². The minimum atomic E-state index is 1.15. The van der Waals surface area contributed by atoms with Crippen LogP contribution < -0.4 is 0 Å². The van der Waals surface area contributed by atoms with Crippen molar-refractivity contribution in [2.45, 2.75) is 0 Å². The zero-order valence-electron chi connectivity index (χ0n) is 4.67. The first-order chi connectivity index (χ1) is 4.61. The van der Waals surface area contributed by atoms with Crippen molar-refractivity contribution < 1.29 is 0 Å². The average molecular weight is 535 g/mol. The van der Waals surface area contributed by atoms with Crippen molar-refractivity contribution in [3.8, 4) is 0 Å². The lowest BCUT2D eigenvalue weighted by molar-refractivity contribution is 1.49. The third kappa shape index (κ3) is 2.44. The van der Waals surface area contributed by atoms with Gasteiger partial charge in [0, 0.05) is 15.2 Å². The van der Waals surface area contributed by atoms with E-state index >= 15 is 0 Å². The second-order valence-corrected chi connectivity index (χ2v) is 6.00. The van der Waals surface area contributed by atoms with Crippen molar-refractivity contribution in [3.63, 3.8) is 0 Å². The maximum absolute atomic E-state index is 3.43. The summed E-state index contributed by atoms with van der Waals surface area (Å²) in [5, 5.41) is 0. The molecule has 0 unspecified atom stereocenters. The van der Waals surface area contributed by atoms with Crippen LogP contribution in [0.2, 0.25) is 0 Å². The summed E-state index contributed by atoms with van der Waals surface area (Å²) in [5.41, 5.74) is 0. The molecule has 0 saturated carbocycles. The minimum absolute atomic E-state index is 1.15. The van der Waals surface area contributed by atoms with Crippen LogP contribution in [0.25, 0.3) is 0 Å². The molecule has 10 heavy (non-hydrogen) atoms. The van der Waals surface area contributed by atoms with Gasteiger partial charge < -0.3 is 0 Å². The first-order valence-electron chi connectivity index (χ1n) is 2.41. The van der Waals surface area contributed by atoms with Gasteiger partial charge in [-0.25, -0.2) is 0 Å². The van der Waals surface area contributed by atoms with E-state index in [2.05, 4.69) is 95.8 Å². The van der Waals surface area contributed by atoms with Crippen LogP contribution in [0.3, 0.4) is 0 Å². The molecule has 1 aromatic carbocycles. The van der Waals surface area contributed by atoms with Crippen molar-refractivity contribution >= 4 is 83.7 Å². The van der Waals surface area contributed by atoms with Gasteiger partial charge in [0.05, 0.1) is 0 Å². The number of hydrogen-bond donors (Lipinski definition) is 0. The molecule has 0 N–H and O–H groups in total. The molecule has 0 radical (unpaired) electrons. The van der Waals surface area contributed by atoms with Gasteiger partial charge in [-0.05, 0) is 79.9 Å². The van der Waals surface area contributed by atoms with Gasteiger partial charge in [0.1, 0.15) is 0 Å². The van der Waals surface area contributed by atoms with E-state index in [1.807, 2.05) is 0 Å². The zero-order chi connectivity index (χ0) is 7.72. The van der Waals surface area contributed by atoms with Crippen molar-refractivity contribution in [1.82, 2.24) is 0 Å². The lowest BCUT2D eigenvalue weighted by atomic mass is 10.4. The lowest BCUT2D eigenvalue weighted by Crippen LogP contribution is -1.83. The fraction of sp³-hybridized carbons (Fsp3) is 0. The highest BCUT2D eigenvalue weighted by molar-refractivity contribution is 14.1. The summed E-state index contributed by atoms with van der Waals surface area (Å²) in [5.74, 6) is 0. The number of benzene rings is 1. The van der Waals surface area contributed by atoms with Crippen LogP contribution in [0, 0.1) is 10.7 Å². The number of halogens is 4. The molecule has 1 aromatic rings. The Morgan fingerprint density at radius 3 is 1.80 bits per heavy atom. The highest BCUT2D eigenvalue weighted by Crippen LogP contribution is 2.25. The molecule has 4 heteroatoms. The van der Waals surface area contributed by atoms with E-state index in [4.69, 9.17) is 0 Å². The van der Waals surface area contributed by atoms with E-state index in [0.717, 1.165) is 4.47 Å². The van der Waals surface area contributed by atoms with Crippen LogP contribution in [-0.2, 0) is 0 Å². The van der Waals surface area contributed by atoms with E-state index in [1.165, 1.54) is 10.7 Å². The SMILES string of the molecule is Brc1cc(I)c(I)c(I)c1. The molecule has 0 aliphatic heterocycles. The van der Waals surface area contributed by atoms with Crippen LogP contribution >= 0.6 is 83.7 Å². The van der Waals surface area contributed by atoms with Crippen molar-refractivity contribution in [2.75, 3.05) is 0 Å². The summed E-state index contributed by atoms with van der Waals surface area (Å²) in [6.45, 7) is 0. The summed E-state index contributed by atoms with van der Waals surface area (Å²) in [6, 6.07) is 4.23. The Balaban J connectivity index is 3.31. The van der Waals surface area contributed by atoms with Crippen LogP contribution in [0.4, 0.5) is 0 Å². The predicted molar refractivity (Wildman–Crippen MR) is 72.3 cm³/mol. The molecule has 0 aliphatic rings. The van der Waals surface area contributed by atoms with E-state index in [-0.39, 0.29) is 0 Å². The molecule has 0 atom stereocenters. The first kappa shape index (κ1) is 9.97. The van der Waals surface area contributed by atoms with E-state index in [9.17, 15) is 0 Å². The maximum Gasteiger partial charge on any atom is 0.0398 e. The Morgan fingerprint density at radius 2 is 1.40 bits per heavy atom. The van der Waals surface area contributed by atoms with Gasteiger partial charge in [0.2, 0.25) is 0 Å². The molecule has 0 heterocycles. The van der Waals surface area contributed by atoms with Gasteiger partial charge in [-0.15, -0.1) is 0 Å². The lowest BCUT2D eigenvalue weighted by Gasteiger charge is -1.99. The maximum atomic E-state index is 3.43. The van der Waals surface area contributed by atoms with Crippen molar-refractivity contribution in [1.29, 1.82) is 0 Å². The van der Waals surface area contributed by atoms with E-state index in [0.29, 0.717) is 0 Å². The molecule has 0 nitrogen and oxygen atoms in total. The van der Waals surface area contributed by atoms with Gasteiger partial charge in [0.15, 0.2) is 0 Å². The van der Waals surface area contributed by atoms with Gasteiger partial charge in [0.25, 0.3) is 0 Å². The van der Waals surface area contributed by atoms with Gasteiger partial charge in [-0.1, -0.05) is 15.9 Å². The first-order valence-corrected chi connectivity index (χ1v) is 6.44. The fourth-order valence-corrected chi connectivity index (χ4v) is 3.92. The molecule has 0 spiro atoms. The topological polar surface area (TPSA) is 0 Å². The molecular weight excluding hydrogens is 533 g/mol. The molecular formula is C6H2BrI3. The molecule has 0 aliphatic carbocycles. The molecule has 54 valence electrons. The van der Waals surface area contributed by atoms with Crippen LogP contribution in [0.5, 0.6) is 0 Å². The summed E-state index contributed by atoms with van der Waals surface area (Å²) in [7, 11) is 0. The van der Waals surface area contributed by atoms with Crippen LogP contribution in [-0.4, -0.2) is 0 Å². The highest BCUT2D eigenvalue weighted by Gasteiger charge is 2.01. The number of hydrogen-bond acceptors (Lipinski definition) is 0. The molecule has 0 aromatic heterocycles. The average Bonchev–Trinajstić information content (AvgIpc) is 1.82. The Bertz CT molecular complexity index is 236. The fourth-order valence-electron chi connectivity index (χ4n) is 0.525. The highest BCUT2D eigenvalue weighted by atomic mass is 127. The summed E-state index contributed by atoms with van der Waals surface area (Å²) < 4.78 is 5.10. The Hall–Kier alpha value is 1.89. The smallest absolute Gasteiger partial charge is 0.0398 e. The predicted octanol–water partition coefficient (Wildman–Crippen LogP) is 4.26.